The highest BCUT2D eigenvalue weighted by Gasteiger charge is 2.18. The summed E-state index contributed by atoms with van der Waals surface area (Å²) in [5, 5.41) is 14.4. The molecule has 0 fully saturated rings. The number of nitrogens with one attached hydrogen (secondary N) is 1. The van der Waals surface area contributed by atoms with Gasteiger partial charge >= 0.3 is 5.97 Å². The van der Waals surface area contributed by atoms with Crippen molar-refractivity contribution in [1.29, 1.82) is 0 Å². The van der Waals surface area contributed by atoms with Crippen molar-refractivity contribution in [2.75, 3.05) is 0 Å². The predicted octanol–water partition coefficient (Wildman–Crippen LogP) is 1.91. The number of hydrogen-bond acceptors (Lipinski definition) is 4. The number of carboxylic acids is 1. The molecule has 2 heterocycles. The Morgan fingerprint density at radius 1 is 1.55 bits per heavy atom. The van der Waals surface area contributed by atoms with Crippen LogP contribution in [0.15, 0.2) is 29.9 Å². The van der Waals surface area contributed by atoms with Crippen LogP contribution >= 0.6 is 11.3 Å². The molecule has 106 valence electrons. The van der Waals surface area contributed by atoms with Gasteiger partial charge < -0.3 is 15.0 Å². The summed E-state index contributed by atoms with van der Waals surface area (Å²) in [6.07, 6.45) is 3.99. The first-order valence-corrected chi connectivity index (χ1v) is 7.07. The number of hydrogen-bond donors (Lipinski definition) is 2. The number of thiazole rings is 1. The predicted molar refractivity (Wildman–Crippen MR) is 74.7 cm³/mol. The molecule has 0 radical (unpaired) electrons. The molecule has 20 heavy (non-hydrogen) atoms. The number of nitrogens with zero attached hydrogens (tertiary/aromatic N) is 2. The highest BCUT2D eigenvalue weighted by Crippen LogP contribution is 2.19. The molecule has 0 aromatic carbocycles. The molecule has 0 saturated heterocycles. The molecule has 0 aliphatic rings. The second kappa shape index (κ2) is 6.33. The van der Waals surface area contributed by atoms with E-state index >= 15 is 0 Å². The highest BCUT2D eigenvalue weighted by molar-refractivity contribution is 7.09. The molecule has 0 spiro atoms. The number of amides is 1. The summed E-state index contributed by atoms with van der Waals surface area (Å²) >= 11 is 1.48. The van der Waals surface area contributed by atoms with Crippen molar-refractivity contribution in [3.8, 4) is 0 Å². The van der Waals surface area contributed by atoms with E-state index in [9.17, 15) is 9.59 Å². The number of carboxylic acid groups (broad SMARTS) is 1. The monoisotopic (exact) mass is 293 g/mol. The summed E-state index contributed by atoms with van der Waals surface area (Å²) in [7, 11) is 0. The molecule has 0 aliphatic carbocycles. The highest BCUT2D eigenvalue weighted by atomic mass is 32.1. The number of carbonyl (C=O) groups is 2. The molecule has 2 aromatic heterocycles. The molecule has 6 nitrogen and oxygen atoms in total. The van der Waals surface area contributed by atoms with Crippen molar-refractivity contribution in [2.45, 2.75) is 25.9 Å². The minimum absolute atomic E-state index is 0.157. The number of rotatable bonds is 6. The van der Waals surface area contributed by atoms with E-state index < -0.39 is 5.97 Å². The summed E-state index contributed by atoms with van der Waals surface area (Å²) in [4.78, 5) is 27.2. The van der Waals surface area contributed by atoms with Gasteiger partial charge in [-0.25, -0.2) is 4.98 Å². The first-order chi connectivity index (χ1) is 9.61. The Kier molecular flexibility index (Phi) is 4.52. The van der Waals surface area contributed by atoms with Crippen molar-refractivity contribution in [1.82, 2.24) is 14.9 Å². The fourth-order valence-corrected chi connectivity index (χ4v) is 2.65. The lowest BCUT2D eigenvalue weighted by molar-refractivity contribution is -0.137. The van der Waals surface area contributed by atoms with Crippen molar-refractivity contribution in [2.24, 2.45) is 0 Å². The Morgan fingerprint density at radius 3 is 2.95 bits per heavy atom. The third-order valence-corrected chi connectivity index (χ3v) is 3.72. The minimum Gasteiger partial charge on any atom is -0.480 e. The summed E-state index contributed by atoms with van der Waals surface area (Å²) in [5.41, 5.74) is 0.336. The standard InChI is InChI=1S/C13H15N3O3S/c1-2-9(13-14-5-7-20-13)15-12(19)10-4-3-6-16(10)8-11(17)18/h3-7,9H,2,8H2,1H3,(H,15,19)(H,17,18). The van der Waals surface area contributed by atoms with Gasteiger partial charge in [0.15, 0.2) is 0 Å². The molecule has 0 bridgehead atoms. The topological polar surface area (TPSA) is 84.2 Å². The molecule has 2 N–H and O–H groups in total. The van der Waals surface area contributed by atoms with Crippen LogP contribution in [0.2, 0.25) is 0 Å². The SMILES string of the molecule is CCC(NC(=O)c1cccn1CC(=O)O)c1nccs1. The first-order valence-electron chi connectivity index (χ1n) is 6.19. The van der Waals surface area contributed by atoms with Gasteiger partial charge in [0, 0.05) is 17.8 Å². The summed E-state index contributed by atoms with van der Waals surface area (Å²) in [6, 6.07) is 3.10. The van der Waals surface area contributed by atoms with Crippen LogP contribution in [0, 0.1) is 0 Å². The maximum atomic E-state index is 12.2. The van der Waals surface area contributed by atoms with E-state index in [1.807, 2.05) is 12.3 Å². The lowest BCUT2D eigenvalue weighted by atomic mass is 10.2. The van der Waals surface area contributed by atoms with Crippen molar-refractivity contribution in [3.05, 3.63) is 40.6 Å². The van der Waals surface area contributed by atoms with Gasteiger partial charge in [-0.15, -0.1) is 11.3 Å². The summed E-state index contributed by atoms with van der Waals surface area (Å²) in [6.45, 7) is 1.73. The van der Waals surface area contributed by atoms with E-state index in [0.717, 1.165) is 11.4 Å². The second-order valence-corrected chi connectivity index (χ2v) is 5.15. The third kappa shape index (κ3) is 3.24. The molecule has 0 aliphatic heterocycles. The van der Waals surface area contributed by atoms with Gasteiger partial charge in [-0.05, 0) is 18.6 Å². The van der Waals surface area contributed by atoms with Crippen LogP contribution in [-0.2, 0) is 11.3 Å². The fraction of sp³-hybridized carbons (Fsp3) is 0.308. The Labute approximate surface area is 120 Å². The quantitative estimate of drug-likeness (QED) is 0.852. The van der Waals surface area contributed by atoms with Crippen molar-refractivity contribution in [3.63, 3.8) is 0 Å². The van der Waals surface area contributed by atoms with Gasteiger partial charge in [0.05, 0.1) is 6.04 Å². The lowest BCUT2D eigenvalue weighted by Crippen LogP contribution is -2.30. The summed E-state index contributed by atoms with van der Waals surface area (Å²) < 4.78 is 1.41. The number of aromatic nitrogens is 2. The van der Waals surface area contributed by atoms with E-state index in [4.69, 9.17) is 5.11 Å². The third-order valence-electron chi connectivity index (χ3n) is 2.83. The zero-order valence-corrected chi connectivity index (χ0v) is 11.8. The fourth-order valence-electron chi connectivity index (χ4n) is 1.88. The van der Waals surface area contributed by atoms with Crippen LogP contribution in [0.1, 0.15) is 34.9 Å². The molecule has 1 unspecified atom stereocenters. The van der Waals surface area contributed by atoms with E-state index in [2.05, 4.69) is 10.3 Å². The molecule has 0 saturated carbocycles. The molecule has 1 atom stereocenters. The van der Waals surface area contributed by atoms with Gasteiger partial charge in [0.1, 0.15) is 17.2 Å². The van der Waals surface area contributed by atoms with E-state index in [1.54, 1.807) is 24.5 Å². The van der Waals surface area contributed by atoms with Gasteiger partial charge in [0.25, 0.3) is 5.91 Å². The van der Waals surface area contributed by atoms with Gasteiger partial charge in [-0.3, -0.25) is 9.59 Å². The zero-order valence-electron chi connectivity index (χ0n) is 10.9. The average molecular weight is 293 g/mol. The largest absolute Gasteiger partial charge is 0.480 e. The smallest absolute Gasteiger partial charge is 0.323 e. The first kappa shape index (κ1) is 14.3. The van der Waals surface area contributed by atoms with Gasteiger partial charge in [0.2, 0.25) is 0 Å². The van der Waals surface area contributed by atoms with Crippen LogP contribution in [0.3, 0.4) is 0 Å². The van der Waals surface area contributed by atoms with Crippen molar-refractivity contribution < 1.29 is 14.7 Å². The molecule has 7 heteroatoms. The van der Waals surface area contributed by atoms with Gasteiger partial charge in [-0.2, -0.15) is 0 Å². The second-order valence-electron chi connectivity index (χ2n) is 4.22. The normalized spacial score (nSPS) is 12.1. The minimum atomic E-state index is -0.984. The van der Waals surface area contributed by atoms with Crippen LogP contribution < -0.4 is 5.32 Å². The maximum absolute atomic E-state index is 12.2. The Bertz CT molecular complexity index is 592. The van der Waals surface area contributed by atoms with E-state index in [0.29, 0.717) is 5.69 Å². The zero-order chi connectivity index (χ0) is 14.5. The molecule has 2 aromatic rings. The molecule has 2 rings (SSSR count). The molecule has 1 amide bonds. The van der Waals surface area contributed by atoms with E-state index in [-0.39, 0.29) is 18.5 Å². The van der Waals surface area contributed by atoms with Crippen LogP contribution in [0.25, 0.3) is 0 Å². The van der Waals surface area contributed by atoms with Crippen LogP contribution in [0.5, 0.6) is 0 Å². The Morgan fingerprint density at radius 2 is 2.35 bits per heavy atom. The Balaban J connectivity index is 2.11. The molecular formula is C13H15N3O3S. The Hall–Kier alpha value is -2.15. The summed E-state index contributed by atoms with van der Waals surface area (Å²) in [5.74, 6) is -1.28. The number of carbonyl (C=O) groups excluding carboxylic acids is 1. The van der Waals surface area contributed by atoms with E-state index in [1.165, 1.54) is 15.9 Å². The average Bonchev–Trinajstić information content (AvgIpc) is 3.05. The lowest BCUT2D eigenvalue weighted by Gasteiger charge is -2.15. The number of aliphatic carboxylic acids is 1. The molecular weight excluding hydrogens is 278 g/mol. The van der Waals surface area contributed by atoms with Crippen LogP contribution in [0.4, 0.5) is 0 Å². The van der Waals surface area contributed by atoms with Crippen LogP contribution in [-0.4, -0.2) is 26.5 Å². The van der Waals surface area contributed by atoms with Gasteiger partial charge in [-0.1, -0.05) is 6.92 Å². The maximum Gasteiger partial charge on any atom is 0.323 e. The van der Waals surface area contributed by atoms with Crippen molar-refractivity contribution >= 4 is 23.2 Å².